The molecule has 0 aliphatic rings. The average molecular weight is 260 g/mol. The summed E-state index contributed by atoms with van der Waals surface area (Å²) in [5.41, 5.74) is 5.68. The largest absolute Gasteiger partial charge is 0.399 e. The molecule has 4 nitrogen and oxygen atoms in total. The van der Waals surface area contributed by atoms with E-state index in [1.165, 1.54) is 24.3 Å². The number of benzene rings is 1. The highest BCUT2D eigenvalue weighted by Crippen LogP contribution is 2.24. The van der Waals surface area contributed by atoms with E-state index >= 15 is 0 Å². The Labute approximate surface area is 101 Å². The van der Waals surface area contributed by atoms with Crippen LogP contribution in [0.5, 0.6) is 0 Å². The molecular formula is C11H17FN2O2S. The van der Waals surface area contributed by atoms with Crippen molar-refractivity contribution >= 4 is 15.7 Å². The van der Waals surface area contributed by atoms with Crippen LogP contribution in [0.25, 0.3) is 0 Å². The van der Waals surface area contributed by atoms with E-state index in [1.54, 1.807) is 0 Å². The maximum absolute atomic E-state index is 13.5. The second-order valence-corrected chi connectivity index (χ2v) is 5.97. The zero-order valence-corrected chi connectivity index (χ0v) is 11.0. The van der Waals surface area contributed by atoms with Crippen LogP contribution in [-0.2, 0) is 10.0 Å². The number of anilines is 1. The van der Waals surface area contributed by atoms with E-state index in [2.05, 4.69) is 0 Å². The Hall–Kier alpha value is -1.14. The first kappa shape index (κ1) is 13.9. The summed E-state index contributed by atoms with van der Waals surface area (Å²) in [6, 6.07) is 2.41. The van der Waals surface area contributed by atoms with E-state index < -0.39 is 15.8 Å². The van der Waals surface area contributed by atoms with Crippen LogP contribution in [0.4, 0.5) is 10.1 Å². The molecule has 0 spiro atoms. The fourth-order valence-corrected chi connectivity index (χ4v) is 3.07. The summed E-state index contributed by atoms with van der Waals surface area (Å²) in [5, 5.41) is 0. The van der Waals surface area contributed by atoms with Crippen LogP contribution in [0.15, 0.2) is 17.0 Å². The Bertz CT molecular complexity index is 514. The minimum Gasteiger partial charge on any atom is -0.399 e. The third kappa shape index (κ3) is 2.76. The van der Waals surface area contributed by atoms with Crippen molar-refractivity contribution in [1.82, 2.24) is 4.31 Å². The maximum atomic E-state index is 13.5. The van der Waals surface area contributed by atoms with Gasteiger partial charge in [0.05, 0.1) is 4.90 Å². The first-order valence-electron chi connectivity index (χ1n) is 5.32. The van der Waals surface area contributed by atoms with E-state index in [0.717, 1.165) is 6.07 Å². The number of hydrogen-bond acceptors (Lipinski definition) is 3. The molecule has 6 heteroatoms. The van der Waals surface area contributed by atoms with Crippen molar-refractivity contribution in [3.05, 3.63) is 23.5 Å². The molecule has 0 heterocycles. The van der Waals surface area contributed by atoms with Gasteiger partial charge in [-0.3, -0.25) is 0 Å². The summed E-state index contributed by atoms with van der Waals surface area (Å²) in [5.74, 6) is -0.603. The lowest BCUT2D eigenvalue weighted by Crippen LogP contribution is -2.28. The molecule has 0 unspecified atom stereocenters. The van der Waals surface area contributed by atoms with Crippen molar-refractivity contribution in [1.29, 1.82) is 0 Å². The summed E-state index contributed by atoms with van der Waals surface area (Å²) in [6.07, 6.45) is 0.694. The topological polar surface area (TPSA) is 63.4 Å². The second-order valence-electron chi connectivity index (χ2n) is 3.95. The summed E-state index contributed by atoms with van der Waals surface area (Å²) in [6.45, 7) is 3.69. The molecule has 0 saturated carbocycles. The highest BCUT2D eigenvalue weighted by atomic mass is 32.2. The fourth-order valence-electron chi connectivity index (χ4n) is 1.54. The Kier molecular flexibility index (Phi) is 4.11. The molecule has 0 saturated heterocycles. The molecule has 1 aromatic rings. The van der Waals surface area contributed by atoms with Crippen LogP contribution in [0.3, 0.4) is 0 Å². The Morgan fingerprint density at radius 3 is 2.53 bits per heavy atom. The molecule has 0 aliphatic heterocycles. The molecule has 1 rings (SSSR count). The fraction of sp³-hybridized carbons (Fsp3) is 0.455. The predicted molar refractivity (Wildman–Crippen MR) is 65.7 cm³/mol. The van der Waals surface area contributed by atoms with E-state index in [-0.39, 0.29) is 16.1 Å². The summed E-state index contributed by atoms with van der Waals surface area (Å²) >= 11 is 0. The van der Waals surface area contributed by atoms with Gasteiger partial charge in [-0.05, 0) is 25.5 Å². The van der Waals surface area contributed by atoms with Crippen molar-refractivity contribution in [3.8, 4) is 0 Å². The number of hydrogen-bond donors (Lipinski definition) is 1. The number of sulfonamides is 1. The van der Waals surface area contributed by atoms with Crippen molar-refractivity contribution in [2.45, 2.75) is 25.2 Å². The van der Waals surface area contributed by atoms with Gasteiger partial charge in [0.25, 0.3) is 0 Å². The molecule has 0 aliphatic carbocycles. The van der Waals surface area contributed by atoms with Crippen LogP contribution >= 0.6 is 0 Å². The van der Waals surface area contributed by atoms with Crippen molar-refractivity contribution in [3.63, 3.8) is 0 Å². The van der Waals surface area contributed by atoms with E-state index in [1.807, 2.05) is 6.92 Å². The van der Waals surface area contributed by atoms with Crippen LogP contribution in [0.2, 0.25) is 0 Å². The molecule has 96 valence electrons. The Balaban J connectivity index is 3.33. The van der Waals surface area contributed by atoms with Crippen molar-refractivity contribution in [2.24, 2.45) is 0 Å². The van der Waals surface area contributed by atoms with Gasteiger partial charge < -0.3 is 5.73 Å². The van der Waals surface area contributed by atoms with Crippen LogP contribution in [0.1, 0.15) is 18.9 Å². The molecule has 17 heavy (non-hydrogen) atoms. The zero-order chi connectivity index (χ0) is 13.2. The summed E-state index contributed by atoms with van der Waals surface area (Å²) < 4.78 is 39.0. The lowest BCUT2D eigenvalue weighted by atomic mass is 10.2. The molecule has 0 radical (unpaired) electrons. The third-order valence-corrected chi connectivity index (χ3v) is 4.53. The minimum absolute atomic E-state index is 0.0639. The zero-order valence-electron chi connectivity index (χ0n) is 10.2. The number of nitrogens with zero attached hydrogens (tertiary/aromatic N) is 1. The quantitative estimate of drug-likeness (QED) is 0.839. The molecule has 2 N–H and O–H groups in total. The smallest absolute Gasteiger partial charge is 0.243 e. The molecule has 0 aromatic heterocycles. The van der Waals surface area contributed by atoms with Crippen LogP contribution < -0.4 is 5.73 Å². The van der Waals surface area contributed by atoms with Gasteiger partial charge in [-0.15, -0.1) is 0 Å². The number of halogens is 1. The normalized spacial score (nSPS) is 12.1. The van der Waals surface area contributed by atoms with Gasteiger partial charge in [0, 0.05) is 24.8 Å². The number of nitrogens with two attached hydrogens (primary N) is 1. The number of nitrogen functional groups attached to an aromatic ring is 1. The SMILES string of the molecule is CCCN(C)S(=O)(=O)c1cc(N)cc(F)c1C. The first-order chi connectivity index (χ1) is 7.80. The van der Waals surface area contributed by atoms with E-state index in [4.69, 9.17) is 5.73 Å². The summed E-state index contributed by atoms with van der Waals surface area (Å²) in [4.78, 5) is -0.0639. The lowest BCUT2D eigenvalue weighted by molar-refractivity contribution is 0.467. The molecule has 0 bridgehead atoms. The van der Waals surface area contributed by atoms with Crippen LogP contribution in [-0.4, -0.2) is 26.3 Å². The van der Waals surface area contributed by atoms with Gasteiger partial charge in [0.15, 0.2) is 0 Å². The highest BCUT2D eigenvalue weighted by Gasteiger charge is 2.24. The Morgan fingerprint density at radius 1 is 1.41 bits per heavy atom. The van der Waals surface area contributed by atoms with E-state index in [0.29, 0.717) is 13.0 Å². The predicted octanol–water partition coefficient (Wildman–Crippen LogP) is 1.75. The van der Waals surface area contributed by atoms with Gasteiger partial charge in [-0.25, -0.2) is 17.1 Å². The van der Waals surface area contributed by atoms with Crippen molar-refractivity contribution in [2.75, 3.05) is 19.3 Å². The highest BCUT2D eigenvalue weighted by molar-refractivity contribution is 7.89. The van der Waals surface area contributed by atoms with Gasteiger partial charge in [-0.1, -0.05) is 6.92 Å². The monoisotopic (exact) mass is 260 g/mol. The lowest BCUT2D eigenvalue weighted by Gasteiger charge is -2.18. The van der Waals surface area contributed by atoms with Crippen molar-refractivity contribution < 1.29 is 12.8 Å². The molecule has 1 aromatic carbocycles. The molecule has 0 atom stereocenters. The first-order valence-corrected chi connectivity index (χ1v) is 6.76. The van der Waals surface area contributed by atoms with Gasteiger partial charge in [0.2, 0.25) is 10.0 Å². The molecule has 0 amide bonds. The standard InChI is InChI=1S/C11H17FN2O2S/c1-4-5-14(3)17(15,16)11-7-9(13)6-10(12)8(11)2/h6-7H,4-5,13H2,1-3H3. The summed E-state index contributed by atoms with van der Waals surface area (Å²) in [7, 11) is -2.19. The minimum atomic E-state index is -3.66. The molecule has 0 fully saturated rings. The maximum Gasteiger partial charge on any atom is 0.243 e. The Morgan fingerprint density at radius 2 is 2.00 bits per heavy atom. The molecular weight excluding hydrogens is 243 g/mol. The van der Waals surface area contributed by atoms with Gasteiger partial charge in [-0.2, -0.15) is 0 Å². The second kappa shape index (κ2) is 5.01. The average Bonchev–Trinajstić information content (AvgIpc) is 2.23. The third-order valence-electron chi connectivity index (χ3n) is 2.55. The van der Waals surface area contributed by atoms with Gasteiger partial charge >= 0.3 is 0 Å². The van der Waals surface area contributed by atoms with E-state index in [9.17, 15) is 12.8 Å². The number of rotatable bonds is 4. The van der Waals surface area contributed by atoms with Crippen LogP contribution in [0, 0.1) is 12.7 Å². The van der Waals surface area contributed by atoms with Gasteiger partial charge in [0.1, 0.15) is 5.82 Å².